The van der Waals surface area contributed by atoms with E-state index in [1.807, 2.05) is 53.7 Å². The summed E-state index contributed by atoms with van der Waals surface area (Å²) in [6.07, 6.45) is 0. The number of aryl methyl sites for hydroxylation is 1. The van der Waals surface area contributed by atoms with Crippen LogP contribution in [0.5, 0.6) is 0 Å². The van der Waals surface area contributed by atoms with Crippen LogP contribution in [0, 0.1) is 6.92 Å². The third-order valence-electron chi connectivity index (χ3n) is 2.89. The summed E-state index contributed by atoms with van der Waals surface area (Å²) >= 11 is 6.23. The van der Waals surface area contributed by atoms with Crippen molar-refractivity contribution >= 4 is 23.3 Å². The van der Waals surface area contributed by atoms with E-state index in [9.17, 15) is 4.79 Å². The van der Waals surface area contributed by atoms with Crippen LogP contribution >= 0.6 is 11.6 Å². The maximum absolute atomic E-state index is 12.1. The molecule has 1 rings (SSSR count). The number of halogens is 1. The average molecular weight is 297 g/mol. The second-order valence-electron chi connectivity index (χ2n) is 4.38. The molecule has 4 heteroatoms. The Labute approximate surface area is 127 Å². The molecule has 0 radical (unpaired) electrons. The Balaban J connectivity index is 0.00000172. The van der Waals surface area contributed by atoms with Gasteiger partial charge in [-0.25, -0.2) is 4.79 Å². The molecule has 1 N–H and O–H groups in total. The lowest BCUT2D eigenvalue weighted by atomic mass is 10.1. The predicted molar refractivity (Wildman–Crippen MR) is 88.5 cm³/mol. The van der Waals surface area contributed by atoms with Gasteiger partial charge in [-0.05, 0) is 39.3 Å². The molecule has 0 heterocycles. The first-order valence-corrected chi connectivity index (χ1v) is 7.19. The molecule has 0 aromatic heterocycles. The van der Waals surface area contributed by atoms with E-state index in [0.717, 1.165) is 22.5 Å². The average Bonchev–Trinajstić information content (AvgIpc) is 2.43. The summed E-state index contributed by atoms with van der Waals surface area (Å²) in [6, 6.07) is 5.42. The van der Waals surface area contributed by atoms with Crippen molar-refractivity contribution in [2.45, 2.75) is 41.5 Å². The molecule has 2 amide bonds. The van der Waals surface area contributed by atoms with Gasteiger partial charge >= 0.3 is 6.03 Å². The number of carbonyl (C=O) groups excluding carboxylic acids is 1. The maximum Gasteiger partial charge on any atom is 0.326 e. The lowest BCUT2D eigenvalue weighted by Gasteiger charge is -2.26. The van der Waals surface area contributed by atoms with E-state index in [0.29, 0.717) is 5.02 Å². The van der Waals surface area contributed by atoms with Crippen LogP contribution in [0.2, 0.25) is 5.02 Å². The van der Waals surface area contributed by atoms with Crippen molar-refractivity contribution in [2.24, 2.45) is 0 Å². The molecule has 0 saturated heterocycles. The number of hydrogen-bond acceptors (Lipinski definition) is 1. The second kappa shape index (κ2) is 8.64. The highest BCUT2D eigenvalue weighted by atomic mass is 35.5. The van der Waals surface area contributed by atoms with Crippen molar-refractivity contribution in [1.29, 1.82) is 0 Å². The molecule has 0 fully saturated rings. The van der Waals surface area contributed by atoms with Crippen LogP contribution in [-0.4, -0.2) is 13.1 Å². The van der Waals surface area contributed by atoms with Crippen molar-refractivity contribution in [1.82, 2.24) is 5.32 Å². The highest BCUT2D eigenvalue weighted by Gasteiger charge is 2.21. The zero-order chi connectivity index (χ0) is 15.9. The number of carbonyl (C=O) groups is 1. The number of anilines is 1. The number of para-hydroxylation sites is 1. The van der Waals surface area contributed by atoms with E-state index < -0.39 is 0 Å². The molecule has 0 aliphatic rings. The van der Waals surface area contributed by atoms with Gasteiger partial charge in [-0.15, -0.1) is 0 Å². The van der Waals surface area contributed by atoms with Crippen LogP contribution in [-0.2, 0) is 0 Å². The predicted octanol–water partition coefficient (Wildman–Crippen LogP) is 5.13. The van der Waals surface area contributed by atoms with Crippen LogP contribution in [0.15, 0.2) is 29.5 Å². The Morgan fingerprint density at radius 2 is 1.75 bits per heavy atom. The number of amides is 2. The Morgan fingerprint density at radius 3 is 2.15 bits per heavy atom. The zero-order valence-corrected chi connectivity index (χ0v) is 14.2. The Kier molecular flexibility index (Phi) is 8.00. The van der Waals surface area contributed by atoms with Gasteiger partial charge in [0.2, 0.25) is 0 Å². The van der Waals surface area contributed by atoms with Crippen LogP contribution in [0.3, 0.4) is 0 Å². The lowest BCUT2D eigenvalue weighted by molar-refractivity contribution is 0.249. The van der Waals surface area contributed by atoms with Crippen molar-refractivity contribution in [3.8, 4) is 0 Å². The topological polar surface area (TPSA) is 32.3 Å². The highest BCUT2D eigenvalue weighted by molar-refractivity contribution is 6.34. The molecule has 3 nitrogen and oxygen atoms in total. The van der Waals surface area contributed by atoms with Crippen molar-refractivity contribution in [3.63, 3.8) is 0 Å². The van der Waals surface area contributed by atoms with E-state index in [2.05, 4.69) is 5.32 Å². The molecule has 1 aromatic carbocycles. The van der Waals surface area contributed by atoms with Gasteiger partial charge in [-0.3, -0.25) is 4.90 Å². The summed E-state index contributed by atoms with van der Waals surface area (Å²) in [5, 5.41) is 3.22. The second-order valence-corrected chi connectivity index (χ2v) is 4.79. The molecule has 0 bridgehead atoms. The smallest absolute Gasteiger partial charge is 0.326 e. The van der Waals surface area contributed by atoms with E-state index in [1.54, 1.807) is 18.0 Å². The van der Waals surface area contributed by atoms with E-state index in [1.165, 1.54) is 0 Å². The number of allylic oxidation sites excluding steroid dienone is 2. The van der Waals surface area contributed by atoms with E-state index in [-0.39, 0.29) is 6.03 Å². The minimum atomic E-state index is -0.190. The quantitative estimate of drug-likeness (QED) is 0.805. The first kappa shape index (κ1) is 18.5. The van der Waals surface area contributed by atoms with Crippen LogP contribution in [0.4, 0.5) is 10.5 Å². The fourth-order valence-corrected chi connectivity index (χ4v) is 1.97. The largest absolute Gasteiger partial charge is 0.340 e. The van der Waals surface area contributed by atoms with E-state index >= 15 is 0 Å². The maximum atomic E-state index is 12.1. The summed E-state index contributed by atoms with van der Waals surface area (Å²) < 4.78 is 0. The minimum Gasteiger partial charge on any atom is -0.340 e. The number of urea groups is 1. The molecular weight excluding hydrogens is 272 g/mol. The van der Waals surface area contributed by atoms with Gasteiger partial charge in [0.15, 0.2) is 0 Å². The molecule has 0 aliphatic heterocycles. The van der Waals surface area contributed by atoms with Gasteiger partial charge < -0.3 is 5.32 Å². The fraction of sp³-hybridized carbons (Fsp3) is 0.438. The highest BCUT2D eigenvalue weighted by Crippen LogP contribution is 2.32. The number of rotatable bonds is 2. The first-order chi connectivity index (χ1) is 9.40. The van der Waals surface area contributed by atoms with Gasteiger partial charge in [-0.2, -0.15) is 0 Å². The van der Waals surface area contributed by atoms with Crippen LogP contribution < -0.4 is 10.2 Å². The summed E-state index contributed by atoms with van der Waals surface area (Å²) in [7, 11) is 1.61. The van der Waals surface area contributed by atoms with Crippen molar-refractivity contribution in [3.05, 3.63) is 40.1 Å². The standard InChI is InChI=1S/C14H19ClN2O.C2H6/c1-9(2)11(4)17(14(18)16-5)13-10(3)7-6-8-12(13)15;1-2/h6-8H,1-5H3,(H,16,18);1-2H3. The number of benzene rings is 1. The molecular formula is C16H25ClN2O. The molecule has 0 unspecified atom stereocenters. The third-order valence-corrected chi connectivity index (χ3v) is 3.19. The minimum absolute atomic E-state index is 0.190. The summed E-state index contributed by atoms with van der Waals surface area (Å²) in [5.74, 6) is 0. The lowest BCUT2D eigenvalue weighted by Crippen LogP contribution is -2.37. The third kappa shape index (κ3) is 4.27. The van der Waals surface area contributed by atoms with Gasteiger partial charge in [0.25, 0.3) is 0 Å². The number of nitrogens with one attached hydrogen (secondary N) is 1. The first-order valence-electron chi connectivity index (χ1n) is 6.81. The normalized spacial score (nSPS) is 9.20. The Morgan fingerprint density at radius 1 is 1.20 bits per heavy atom. The van der Waals surface area contributed by atoms with E-state index in [4.69, 9.17) is 11.6 Å². The number of hydrogen-bond donors (Lipinski definition) is 1. The molecule has 1 aromatic rings. The monoisotopic (exact) mass is 296 g/mol. The zero-order valence-electron chi connectivity index (χ0n) is 13.5. The molecule has 0 saturated carbocycles. The van der Waals surface area contributed by atoms with Crippen LogP contribution in [0.25, 0.3) is 0 Å². The van der Waals surface area contributed by atoms with Gasteiger partial charge in [0.05, 0.1) is 10.7 Å². The summed E-state index contributed by atoms with van der Waals surface area (Å²) in [5.41, 5.74) is 3.65. The molecule has 0 aliphatic carbocycles. The van der Waals surface area contributed by atoms with Gasteiger partial charge in [0.1, 0.15) is 0 Å². The Bertz CT molecular complexity index is 471. The van der Waals surface area contributed by atoms with Crippen molar-refractivity contribution < 1.29 is 4.79 Å². The fourth-order valence-electron chi connectivity index (χ4n) is 1.66. The van der Waals surface area contributed by atoms with Crippen molar-refractivity contribution in [2.75, 3.05) is 11.9 Å². The molecule has 0 atom stereocenters. The van der Waals surface area contributed by atoms with Crippen LogP contribution in [0.1, 0.15) is 40.2 Å². The SMILES string of the molecule is CC.CNC(=O)N(C(C)=C(C)C)c1c(C)cccc1Cl. The Hall–Kier alpha value is -1.48. The summed E-state index contributed by atoms with van der Waals surface area (Å²) in [4.78, 5) is 13.7. The number of nitrogens with zero attached hydrogens (tertiary/aromatic N) is 1. The van der Waals surface area contributed by atoms with Gasteiger partial charge in [0, 0.05) is 12.7 Å². The molecule has 112 valence electrons. The molecule has 0 spiro atoms. The molecule has 20 heavy (non-hydrogen) atoms. The van der Waals surface area contributed by atoms with Gasteiger partial charge in [-0.1, -0.05) is 43.2 Å². The summed E-state index contributed by atoms with van der Waals surface area (Å²) in [6.45, 7) is 11.8.